The minimum atomic E-state index is -0.547. The van der Waals surface area contributed by atoms with Gasteiger partial charge in [0.1, 0.15) is 0 Å². The Bertz CT molecular complexity index is 4820. The summed E-state index contributed by atoms with van der Waals surface area (Å²) in [5.41, 5.74) is 28.0. The summed E-state index contributed by atoms with van der Waals surface area (Å²) in [6, 6.07) is 129. The first kappa shape index (κ1) is 51.3. The van der Waals surface area contributed by atoms with E-state index < -0.39 is 5.41 Å². The molecule has 0 fully saturated rings. The molecule has 0 spiro atoms. The monoisotopic (exact) mass is 1110 g/mol. The summed E-state index contributed by atoms with van der Waals surface area (Å²) in [5, 5.41) is 2.48. The Morgan fingerprint density at radius 3 is 1.09 bits per heavy atom. The molecule has 1 aliphatic carbocycles. The summed E-state index contributed by atoms with van der Waals surface area (Å²) < 4.78 is 2.42. The Morgan fingerprint density at radius 1 is 0.230 bits per heavy atom. The van der Waals surface area contributed by atoms with Gasteiger partial charge in [-0.2, -0.15) is 0 Å². The van der Waals surface area contributed by atoms with Gasteiger partial charge in [-0.15, -0.1) is 0 Å². The summed E-state index contributed by atoms with van der Waals surface area (Å²) in [7, 11) is 0. The van der Waals surface area contributed by atoms with Crippen LogP contribution in [0.25, 0.3) is 105 Å². The van der Waals surface area contributed by atoms with Crippen molar-refractivity contribution in [3.63, 3.8) is 0 Å². The third kappa shape index (κ3) is 8.97. The molecule has 0 unspecified atom stereocenters. The molecule has 0 radical (unpaired) electrons. The molecule has 2 heteroatoms. The molecule has 1 heterocycles. The molecule has 1 aliphatic rings. The van der Waals surface area contributed by atoms with Crippen LogP contribution in [0.15, 0.2) is 352 Å². The Hall–Kier alpha value is -11.3. The molecule has 87 heavy (non-hydrogen) atoms. The third-order valence-corrected chi connectivity index (χ3v) is 17.9. The second kappa shape index (κ2) is 21.7. The SMILES string of the molecule is c1ccc(-c2ccc(-c3ccccc3N(c3ccc(-c4ccc(-c5ccc(-n6c7ccc(-c8ccccc8)cc7c7cc(-c8ccccc8)ccc76)cc5)cc4)cc3)c3ccc4c(c3)C(c3ccccc3)(c3ccccc3)c3ccccc3-4)cc2)cc1. The van der Waals surface area contributed by atoms with E-state index in [1.54, 1.807) is 0 Å². The summed E-state index contributed by atoms with van der Waals surface area (Å²) in [6.45, 7) is 0. The van der Waals surface area contributed by atoms with Crippen LogP contribution in [0.3, 0.4) is 0 Å². The van der Waals surface area contributed by atoms with E-state index in [2.05, 4.69) is 361 Å². The van der Waals surface area contributed by atoms with Crippen molar-refractivity contribution in [2.75, 3.05) is 4.90 Å². The highest BCUT2D eigenvalue weighted by Gasteiger charge is 2.46. The van der Waals surface area contributed by atoms with Gasteiger partial charge in [0.05, 0.1) is 22.1 Å². The van der Waals surface area contributed by atoms with Crippen molar-refractivity contribution in [1.82, 2.24) is 4.57 Å². The molecule has 0 saturated carbocycles. The van der Waals surface area contributed by atoms with Gasteiger partial charge in [-0.25, -0.2) is 0 Å². The van der Waals surface area contributed by atoms with Gasteiger partial charge in [0.2, 0.25) is 0 Å². The van der Waals surface area contributed by atoms with Crippen molar-refractivity contribution in [2.24, 2.45) is 0 Å². The van der Waals surface area contributed by atoms with Crippen LogP contribution < -0.4 is 4.90 Å². The predicted molar refractivity (Wildman–Crippen MR) is 365 cm³/mol. The number of nitrogens with zero attached hydrogens (tertiary/aromatic N) is 2. The molecule has 1 aromatic heterocycles. The second-order valence-electron chi connectivity index (χ2n) is 22.8. The van der Waals surface area contributed by atoms with Gasteiger partial charge in [0.25, 0.3) is 0 Å². The highest BCUT2D eigenvalue weighted by atomic mass is 15.1. The zero-order valence-electron chi connectivity index (χ0n) is 47.9. The van der Waals surface area contributed by atoms with Gasteiger partial charge < -0.3 is 9.47 Å². The van der Waals surface area contributed by atoms with Crippen molar-refractivity contribution < 1.29 is 0 Å². The van der Waals surface area contributed by atoms with Gasteiger partial charge in [0.15, 0.2) is 0 Å². The van der Waals surface area contributed by atoms with Crippen molar-refractivity contribution in [3.8, 4) is 83.6 Å². The maximum absolute atomic E-state index is 2.47. The highest BCUT2D eigenvalue weighted by molar-refractivity contribution is 6.12. The van der Waals surface area contributed by atoms with Crippen LogP contribution in [-0.2, 0) is 5.41 Å². The van der Waals surface area contributed by atoms with E-state index in [-0.39, 0.29) is 0 Å². The van der Waals surface area contributed by atoms with Crippen LogP contribution in [0.1, 0.15) is 22.3 Å². The normalized spacial score (nSPS) is 12.2. The fraction of sp³-hybridized carbons (Fsp3) is 0.0118. The zero-order valence-corrected chi connectivity index (χ0v) is 47.9. The minimum absolute atomic E-state index is 0.547. The van der Waals surface area contributed by atoms with Crippen LogP contribution in [-0.4, -0.2) is 4.57 Å². The number of anilines is 3. The first-order chi connectivity index (χ1) is 43.1. The fourth-order valence-electron chi connectivity index (χ4n) is 13.8. The molecule has 0 atom stereocenters. The van der Waals surface area contributed by atoms with Crippen LogP contribution in [0, 0.1) is 0 Å². The lowest BCUT2D eigenvalue weighted by molar-refractivity contribution is 0.768. The molecule has 0 amide bonds. The summed E-state index contributed by atoms with van der Waals surface area (Å²) in [4.78, 5) is 2.46. The van der Waals surface area contributed by atoms with E-state index in [1.807, 2.05) is 0 Å². The molecular weight excluding hydrogens is 1050 g/mol. The van der Waals surface area contributed by atoms with E-state index in [0.717, 1.165) is 45.0 Å². The van der Waals surface area contributed by atoms with Gasteiger partial charge >= 0.3 is 0 Å². The molecule has 408 valence electrons. The highest BCUT2D eigenvalue weighted by Crippen LogP contribution is 2.57. The summed E-state index contributed by atoms with van der Waals surface area (Å²) in [5.74, 6) is 0. The summed E-state index contributed by atoms with van der Waals surface area (Å²) >= 11 is 0. The number of rotatable bonds is 12. The average molecular weight is 1110 g/mol. The van der Waals surface area contributed by atoms with E-state index >= 15 is 0 Å². The Morgan fingerprint density at radius 2 is 0.586 bits per heavy atom. The number of aromatic nitrogens is 1. The molecule has 0 bridgehead atoms. The van der Waals surface area contributed by atoms with E-state index in [9.17, 15) is 0 Å². The molecule has 0 saturated heterocycles. The van der Waals surface area contributed by atoms with Gasteiger partial charge in [-0.1, -0.05) is 285 Å². The second-order valence-corrected chi connectivity index (χ2v) is 22.8. The summed E-state index contributed by atoms with van der Waals surface area (Å²) in [6.07, 6.45) is 0. The lowest BCUT2D eigenvalue weighted by atomic mass is 9.67. The number of benzene rings is 14. The standard InChI is InChI=1S/C85H58N2/c1-6-20-59(21-7-1)62-38-40-67(41-39-62)75-30-17-19-33-82(75)86(74-52-53-77-76-31-16-18-32-80(76)85(81(77)58-74,70-26-12-4-13-27-70)71-28-14-5-15-29-71)72-48-42-65(43-49-72)63-34-36-64(37-35-63)66-44-50-73(51-45-66)87-83-54-46-68(60-22-8-2-9-23-60)56-78(83)79-57-69(47-55-84(79)87)61-24-10-3-11-25-61/h1-58H. The van der Waals surface area contributed by atoms with Crippen molar-refractivity contribution >= 4 is 38.9 Å². The van der Waals surface area contributed by atoms with E-state index in [0.29, 0.717) is 0 Å². The molecule has 15 aromatic rings. The lowest BCUT2D eigenvalue weighted by Crippen LogP contribution is -2.28. The first-order valence-electron chi connectivity index (χ1n) is 30.0. The molecule has 2 nitrogen and oxygen atoms in total. The molecule has 0 aliphatic heterocycles. The van der Waals surface area contributed by atoms with Crippen molar-refractivity contribution in [1.29, 1.82) is 0 Å². The maximum Gasteiger partial charge on any atom is 0.0714 e. The van der Waals surface area contributed by atoms with Crippen LogP contribution in [0.4, 0.5) is 17.1 Å². The Labute approximate surface area is 508 Å². The van der Waals surface area contributed by atoms with Crippen molar-refractivity contribution in [2.45, 2.75) is 5.41 Å². The first-order valence-corrected chi connectivity index (χ1v) is 30.0. The number of hydrogen-bond acceptors (Lipinski definition) is 1. The van der Waals surface area contributed by atoms with E-state index in [1.165, 1.54) is 99.7 Å². The lowest BCUT2D eigenvalue weighted by Gasteiger charge is -2.35. The van der Waals surface area contributed by atoms with Crippen LogP contribution in [0.2, 0.25) is 0 Å². The number of hydrogen-bond donors (Lipinski definition) is 0. The zero-order chi connectivity index (χ0) is 57.7. The van der Waals surface area contributed by atoms with Gasteiger partial charge in [0, 0.05) is 33.4 Å². The topological polar surface area (TPSA) is 8.17 Å². The predicted octanol–water partition coefficient (Wildman–Crippen LogP) is 22.6. The molecule has 0 N–H and O–H groups in total. The van der Waals surface area contributed by atoms with Gasteiger partial charge in [-0.05, 0) is 161 Å². The Balaban J connectivity index is 0.759. The maximum atomic E-state index is 2.47. The van der Waals surface area contributed by atoms with Crippen LogP contribution >= 0.6 is 0 Å². The van der Waals surface area contributed by atoms with Gasteiger partial charge in [-0.3, -0.25) is 0 Å². The quantitative estimate of drug-likeness (QED) is 0.118. The van der Waals surface area contributed by atoms with E-state index in [4.69, 9.17) is 0 Å². The molecule has 14 aromatic carbocycles. The average Bonchev–Trinajstić information content (AvgIpc) is 1.59. The Kier molecular flexibility index (Phi) is 12.8. The fourth-order valence-corrected chi connectivity index (χ4v) is 13.8. The minimum Gasteiger partial charge on any atom is -0.310 e. The smallest absolute Gasteiger partial charge is 0.0714 e. The molecule has 16 rings (SSSR count). The molecular formula is C85H58N2. The van der Waals surface area contributed by atoms with Crippen LogP contribution in [0.5, 0.6) is 0 Å². The largest absolute Gasteiger partial charge is 0.310 e. The van der Waals surface area contributed by atoms with Crippen molar-refractivity contribution in [3.05, 3.63) is 374 Å². The number of fused-ring (bicyclic) bond motifs is 6. The third-order valence-electron chi connectivity index (χ3n) is 17.9. The number of para-hydroxylation sites is 1.